The number of hydrogen-bond acceptors (Lipinski definition) is 3. The molecule has 5 nitrogen and oxygen atoms in total. The molecule has 116 valence electrons. The van der Waals surface area contributed by atoms with E-state index in [1.165, 1.54) is 6.07 Å². The fraction of sp³-hybridized carbons (Fsp3) is 0.222. The van der Waals surface area contributed by atoms with Crippen molar-refractivity contribution in [2.45, 2.75) is 25.4 Å². The van der Waals surface area contributed by atoms with E-state index in [1.807, 2.05) is 30.5 Å². The predicted molar refractivity (Wildman–Crippen MR) is 86.5 cm³/mol. The Morgan fingerprint density at radius 3 is 2.91 bits per heavy atom. The van der Waals surface area contributed by atoms with Gasteiger partial charge in [-0.15, -0.1) is 0 Å². The highest BCUT2D eigenvalue weighted by molar-refractivity contribution is 5.90. The smallest absolute Gasteiger partial charge is 0.338 e. The van der Waals surface area contributed by atoms with Crippen molar-refractivity contribution in [3.63, 3.8) is 0 Å². The number of aromatic nitrogens is 2. The molecule has 1 aliphatic carbocycles. The van der Waals surface area contributed by atoms with Crippen molar-refractivity contribution >= 4 is 16.9 Å². The Bertz CT molecular complexity index is 935. The molecule has 0 bridgehead atoms. The first-order valence-corrected chi connectivity index (χ1v) is 7.67. The van der Waals surface area contributed by atoms with Crippen molar-refractivity contribution < 1.29 is 9.53 Å². The summed E-state index contributed by atoms with van der Waals surface area (Å²) in [5.74, 6) is -0.0883. The van der Waals surface area contributed by atoms with Gasteiger partial charge in [-0.3, -0.25) is 4.79 Å². The van der Waals surface area contributed by atoms with Crippen LogP contribution in [0.15, 0.2) is 47.4 Å². The van der Waals surface area contributed by atoms with Crippen LogP contribution in [-0.4, -0.2) is 15.9 Å². The molecule has 0 atom stereocenters. The predicted octanol–water partition coefficient (Wildman–Crippen LogP) is 3.09. The number of fused-ring (bicyclic) bond motifs is 1. The summed E-state index contributed by atoms with van der Waals surface area (Å²) in [4.78, 5) is 29.9. The first kappa shape index (κ1) is 13.8. The minimum absolute atomic E-state index is 0.180. The van der Waals surface area contributed by atoms with Gasteiger partial charge in [0.25, 0.3) is 0 Å². The summed E-state index contributed by atoms with van der Waals surface area (Å²) in [6.07, 6.45) is 3.97. The van der Waals surface area contributed by atoms with E-state index in [1.54, 1.807) is 6.07 Å². The van der Waals surface area contributed by atoms with Crippen LogP contribution >= 0.6 is 0 Å². The average molecular weight is 308 g/mol. The number of rotatable bonds is 4. The van der Waals surface area contributed by atoms with Gasteiger partial charge >= 0.3 is 5.97 Å². The molecule has 4 rings (SSSR count). The summed E-state index contributed by atoms with van der Waals surface area (Å²) in [5.41, 5.74) is 2.83. The number of ether oxygens (including phenoxy) is 1. The van der Waals surface area contributed by atoms with Gasteiger partial charge in [0.05, 0.1) is 5.56 Å². The van der Waals surface area contributed by atoms with Gasteiger partial charge < -0.3 is 14.7 Å². The Balaban J connectivity index is 1.54. The molecule has 1 aromatic carbocycles. The molecule has 0 radical (unpaired) electrons. The first-order valence-electron chi connectivity index (χ1n) is 7.67. The molecule has 1 fully saturated rings. The number of pyridine rings is 1. The molecule has 0 amide bonds. The lowest BCUT2D eigenvalue weighted by molar-refractivity contribution is 0.0474. The highest BCUT2D eigenvalue weighted by Crippen LogP contribution is 2.38. The van der Waals surface area contributed by atoms with E-state index in [-0.39, 0.29) is 12.2 Å². The molecule has 23 heavy (non-hydrogen) atoms. The molecule has 0 unspecified atom stereocenters. The van der Waals surface area contributed by atoms with Crippen LogP contribution in [0.25, 0.3) is 10.9 Å². The van der Waals surface area contributed by atoms with Crippen molar-refractivity contribution in [2.24, 2.45) is 0 Å². The zero-order valence-electron chi connectivity index (χ0n) is 12.5. The van der Waals surface area contributed by atoms with Gasteiger partial charge in [-0.25, -0.2) is 4.79 Å². The second-order valence-electron chi connectivity index (χ2n) is 5.90. The third kappa shape index (κ3) is 2.77. The van der Waals surface area contributed by atoms with Gasteiger partial charge in [0.15, 0.2) is 0 Å². The van der Waals surface area contributed by atoms with Crippen molar-refractivity contribution in [1.82, 2.24) is 9.97 Å². The van der Waals surface area contributed by atoms with Crippen molar-refractivity contribution in [3.05, 3.63) is 69.8 Å². The molecule has 5 heteroatoms. The van der Waals surface area contributed by atoms with Crippen LogP contribution in [0.3, 0.4) is 0 Å². The Morgan fingerprint density at radius 1 is 1.22 bits per heavy atom. The maximum Gasteiger partial charge on any atom is 0.338 e. The molecule has 3 aromatic rings. The van der Waals surface area contributed by atoms with Crippen molar-refractivity contribution in [1.29, 1.82) is 0 Å². The number of nitrogens with one attached hydrogen (secondary N) is 2. The highest BCUT2D eigenvalue weighted by Gasteiger charge is 2.25. The van der Waals surface area contributed by atoms with E-state index >= 15 is 0 Å². The topological polar surface area (TPSA) is 75.0 Å². The lowest BCUT2D eigenvalue weighted by Gasteiger charge is -2.07. The minimum Gasteiger partial charge on any atom is -0.457 e. The second kappa shape index (κ2) is 5.43. The number of carbonyl (C=O) groups is 1. The average Bonchev–Trinajstić information content (AvgIpc) is 3.29. The Kier molecular flexibility index (Phi) is 3.26. The van der Waals surface area contributed by atoms with Gasteiger partial charge in [0, 0.05) is 28.9 Å². The fourth-order valence-corrected chi connectivity index (χ4v) is 2.80. The van der Waals surface area contributed by atoms with Crippen LogP contribution in [0.4, 0.5) is 0 Å². The molecular weight excluding hydrogens is 292 g/mol. The highest BCUT2D eigenvalue weighted by atomic mass is 16.5. The quantitative estimate of drug-likeness (QED) is 0.727. The van der Waals surface area contributed by atoms with E-state index in [9.17, 15) is 9.59 Å². The maximum absolute atomic E-state index is 12.3. The Hall–Kier alpha value is -2.82. The van der Waals surface area contributed by atoms with Crippen molar-refractivity contribution in [2.75, 3.05) is 0 Å². The maximum atomic E-state index is 12.3. The third-order valence-electron chi connectivity index (χ3n) is 4.16. The molecular formula is C18H16N2O3. The Morgan fingerprint density at radius 2 is 2.09 bits per heavy atom. The van der Waals surface area contributed by atoms with Gasteiger partial charge in [0.1, 0.15) is 6.61 Å². The summed E-state index contributed by atoms with van der Waals surface area (Å²) in [6.45, 7) is 0.180. The zero-order chi connectivity index (χ0) is 15.8. The standard InChI is InChI=1S/C18H16N2O3/c21-17-9-13(8-16(20-17)11-4-5-11)18(22)23-10-12-2-1-3-15-14(12)6-7-19-15/h1-3,6-9,11,19H,4-5,10H2,(H,20,21). The number of H-pyrrole nitrogens is 2. The molecule has 2 N–H and O–H groups in total. The molecule has 0 spiro atoms. The summed E-state index contributed by atoms with van der Waals surface area (Å²) in [7, 11) is 0. The number of aromatic amines is 2. The van der Waals surface area contributed by atoms with Crippen LogP contribution in [-0.2, 0) is 11.3 Å². The summed E-state index contributed by atoms with van der Waals surface area (Å²) < 4.78 is 5.40. The first-order chi connectivity index (χ1) is 11.2. The van der Waals surface area contributed by atoms with E-state index in [2.05, 4.69) is 9.97 Å². The third-order valence-corrected chi connectivity index (χ3v) is 4.16. The summed E-state index contributed by atoms with van der Waals surface area (Å²) in [6, 6.07) is 10.8. The molecule has 1 aliphatic rings. The number of hydrogen-bond donors (Lipinski definition) is 2. The number of esters is 1. The van der Waals surface area contributed by atoms with Crippen LogP contribution < -0.4 is 5.56 Å². The van der Waals surface area contributed by atoms with Crippen LogP contribution in [0.5, 0.6) is 0 Å². The van der Waals surface area contributed by atoms with Crippen molar-refractivity contribution in [3.8, 4) is 0 Å². The van der Waals surface area contributed by atoms with Crippen LogP contribution in [0, 0.1) is 0 Å². The normalized spacial score (nSPS) is 14.1. The molecule has 1 saturated carbocycles. The fourth-order valence-electron chi connectivity index (χ4n) is 2.80. The lowest BCUT2D eigenvalue weighted by atomic mass is 10.1. The van der Waals surface area contributed by atoms with Gasteiger partial charge in [-0.1, -0.05) is 12.1 Å². The summed E-state index contributed by atoms with van der Waals surface area (Å²) >= 11 is 0. The number of benzene rings is 1. The minimum atomic E-state index is -0.467. The van der Waals surface area contributed by atoms with E-state index in [4.69, 9.17) is 4.74 Å². The van der Waals surface area contributed by atoms with Crippen LogP contribution in [0.2, 0.25) is 0 Å². The molecule has 2 heterocycles. The molecule has 0 aliphatic heterocycles. The zero-order valence-corrected chi connectivity index (χ0v) is 12.5. The van der Waals surface area contributed by atoms with E-state index < -0.39 is 5.97 Å². The SMILES string of the molecule is O=C(OCc1cccc2[nH]ccc12)c1cc(C2CC2)[nH]c(=O)c1. The van der Waals surface area contributed by atoms with E-state index in [0.717, 1.165) is 35.0 Å². The summed E-state index contributed by atoms with van der Waals surface area (Å²) in [5, 5.41) is 1.03. The monoisotopic (exact) mass is 308 g/mol. The van der Waals surface area contributed by atoms with E-state index in [0.29, 0.717) is 11.5 Å². The van der Waals surface area contributed by atoms with Gasteiger partial charge in [0.2, 0.25) is 5.56 Å². The molecule has 2 aromatic heterocycles. The van der Waals surface area contributed by atoms with Crippen LogP contribution in [0.1, 0.15) is 40.4 Å². The van der Waals surface area contributed by atoms with Gasteiger partial charge in [-0.05, 0) is 42.5 Å². The number of carbonyl (C=O) groups excluding carboxylic acids is 1. The lowest BCUT2D eigenvalue weighted by Crippen LogP contribution is -2.14. The largest absolute Gasteiger partial charge is 0.457 e. The second-order valence-corrected chi connectivity index (χ2v) is 5.90. The molecule has 0 saturated heterocycles. The Labute approximate surface area is 132 Å². The van der Waals surface area contributed by atoms with Gasteiger partial charge in [-0.2, -0.15) is 0 Å².